The van der Waals surface area contributed by atoms with Gasteiger partial charge in [-0.3, -0.25) is 14.9 Å². The summed E-state index contributed by atoms with van der Waals surface area (Å²) >= 11 is 0. The number of amides is 1. The lowest BCUT2D eigenvalue weighted by molar-refractivity contribution is 0.0949. The molecule has 0 unspecified atom stereocenters. The van der Waals surface area contributed by atoms with Crippen molar-refractivity contribution in [3.63, 3.8) is 0 Å². The van der Waals surface area contributed by atoms with Gasteiger partial charge in [0.15, 0.2) is 11.6 Å². The van der Waals surface area contributed by atoms with Crippen LogP contribution < -0.4 is 10.6 Å². The van der Waals surface area contributed by atoms with Crippen molar-refractivity contribution < 1.29 is 4.79 Å². The van der Waals surface area contributed by atoms with Gasteiger partial charge in [-0.15, -0.1) is 10.2 Å². The quantitative estimate of drug-likeness (QED) is 0.403. The molecular formula is C21H21N9O. The van der Waals surface area contributed by atoms with Crippen LogP contribution in [0.15, 0.2) is 55.1 Å². The average molecular weight is 415 g/mol. The molecule has 0 aliphatic heterocycles. The van der Waals surface area contributed by atoms with Crippen LogP contribution in [0, 0.1) is 0 Å². The second-order valence-corrected chi connectivity index (χ2v) is 7.34. The number of hydrogen-bond acceptors (Lipinski definition) is 7. The molecule has 4 aromatic rings. The van der Waals surface area contributed by atoms with Crippen molar-refractivity contribution in [3.05, 3.63) is 72.3 Å². The summed E-state index contributed by atoms with van der Waals surface area (Å²) in [5, 5.41) is 21.4. The van der Waals surface area contributed by atoms with Crippen LogP contribution in [0.2, 0.25) is 0 Å². The van der Waals surface area contributed by atoms with Gasteiger partial charge in [-0.2, -0.15) is 5.10 Å². The first-order valence-electron chi connectivity index (χ1n) is 10.1. The minimum atomic E-state index is -0.159. The number of nitrogens with one attached hydrogen (secondary N) is 3. The molecule has 0 spiro atoms. The van der Waals surface area contributed by atoms with Gasteiger partial charge >= 0.3 is 0 Å². The molecule has 1 amide bonds. The van der Waals surface area contributed by atoms with E-state index in [1.165, 1.54) is 0 Å². The van der Waals surface area contributed by atoms with E-state index < -0.39 is 0 Å². The second-order valence-electron chi connectivity index (χ2n) is 7.34. The van der Waals surface area contributed by atoms with Gasteiger partial charge < -0.3 is 15.2 Å². The van der Waals surface area contributed by atoms with Crippen molar-refractivity contribution in [2.75, 3.05) is 5.32 Å². The largest absolute Gasteiger partial charge is 0.378 e. The zero-order chi connectivity index (χ0) is 21.0. The van der Waals surface area contributed by atoms with E-state index in [2.05, 4.69) is 41.0 Å². The number of nitrogens with zero attached hydrogens (tertiary/aromatic N) is 6. The molecule has 31 heavy (non-hydrogen) atoms. The molecule has 3 aromatic heterocycles. The van der Waals surface area contributed by atoms with E-state index in [1.807, 2.05) is 28.8 Å². The molecule has 1 aliphatic carbocycles. The minimum absolute atomic E-state index is 0.159. The third-order valence-electron chi connectivity index (χ3n) is 5.05. The summed E-state index contributed by atoms with van der Waals surface area (Å²) in [5.74, 6) is 1.93. The fourth-order valence-corrected chi connectivity index (χ4v) is 3.27. The maximum Gasteiger partial charge on any atom is 0.251 e. The van der Waals surface area contributed by atoms with E-state index in [9.17, 15) is 4.79 Å². The van der Waals surface area contributed by atoms with Gasteiger partial charge in [0.25, 0.3) is 5.91 Å². The standard InChI is InChI=1S/C21H21N9O/c31-21(24-12-19-28-25-13-30(19)17-4-5-17)15-2-1-3-16(10-15)23-11-18-26-20(29-27-18)14-6-8-22-9-7-14/h1-3,6-10,13,17,23H,4-5,11-12H2,(H,24,31)(H,26,27,29). The Bertz CT molecular complexity index is 1180. The van der Waals surface area contributed by atoms with Gasteiger partial charge in [-0.25, -0.2) is 4.98 Å². The van der Waals surface area contributed by atoms with Gasteiger partial charge in [-0.05, 0) is 43.2 Å². The highest BCUT2D eigenvalue weighted by Crippen LogP contribution is 2.35. The zero-order valence-corrected chi connectivity index (χ0v) is 16.7. The van der Waals surface area contributed by atoms with E-state index in [0.29, 0.717) is 36.3 Å². The van der Waals surface area contributed by atoms with E-state index in [1.54, 1.807) is 30.9 Å². The predicted octanol–water partition coefficient (Wildman–Crippen LogP) is 2.34. The first-order chi connectivity index (χ1) is 15.3. The summed E-state index contributed by atoms with van der Waals surface area (Å²) in [6.07, 6.45) is 7.42. The Morgan fingerprint density at radius 2 is 2.03 bits per heavy atom. The van der Waals surface area contributed by atoms with E-state index in [-0.39, 0.29) is 5.91 Å². The number of rotatable bonds is 8. The van der Waals surface area contributed by atoms with Crippen molar-refractivity contribution in [2.24, 2.45) is 0 Å². The van der Waals surface area contributed by atoms with Crippen LogP contribution >= 0.6 is 0 Å². The molecular weight excluding hydrogens is 394 g/mol. The van der Waals surface area contributed by atoms with E-state index >= 15 is 0 Å². The third kappa shape index (κ3) is 4.42. The number of pyridine rings is 1. The molecule has 1 fully saturated rings. The van der Waals surface area contributed by atoms with Crippen molar-refractivity contribution in [1.29, 1.82) is 0 Å². The maximum atomic E-state index is 12.6. The smallest absolute Gasteiger partial charge is 0.251 e. The van der Waals surface area contributed by atoms with Gasteiger partial charge in [0.1, 0.15) is 12.2 Å². The predicted molar refractivity (Wildman–Crippen MR) is 113 cm³/mol. The molecule has 1 aromatic carbocycles. The summed E-state index contributed by atoms with van der Waals surface area (Å²) in [6, 6.07) is 11.5. The first-order valence-corrected chi connectivity index (χ1v) is 10.1. The van der Waals surface area contributed by atoms with Crippen LogP contribution in [0.5, 0.6) is 0 Å². The number of carbonyl (C=O) groups excluding carboxylic acids is 1. The average Bonchev–Trinajstić information content (AvgIpc) is 3.35. The van der Waals surface area contributed by atoms with Crippen molar-refractivity contribution >= 4 is 11.6 Å². The van der Waals surface area contributed by atoms with Gasteiger partial charge in [-0.1, -0.05) is 6.07 Å². The van der Waals surface area contributed by atoms with E-state index in [0.717, 1.165) is 29.9 Å². The van der Waals surface area contributed by atoms with Crippen LogP contribution in [0.4, 0.5) is 5.69 Å². The molecule has 1 aliphatic rings. The second kappa shape index (κ2) is 8.34. The molecule has 1 saturated carbocycles. The van der Waals surface area contributed by atoms with Gasteiger partial charge in [0.05, 0.1) is 13.1 Å². The summed E-state index contributed by atoms with van der Waals surface area (Å²) < 4.78 is 2.04. The Labute approximate surface area is 178 Å². The molecule has 10 heteroatoms. The summed E-state index contributed by atoms with van der Waals surface area (Å²) in [6.45, 7) is 0.802. The van der Waals surface area contributed by atoms with Crippen molar-refractivity contribution in [2.45, 2.75) is 32.0 Å². The van der Waals surface area contributed by atoms with Crippen LogP contribution in [0.1, 0.15) is 40.9 Å². The number of aromatic amines is 1. The Morgan fingerprint density at radius 3 is 2.87 bits per heavy atom. The Hall–Kier alpha value is -4.08. The first kappa shape index (κ1) is 18.9. The van der Waals surface area contributed by atoms with Crippen molar-refractivity contribution in [3.8, 4) is 11.4 Å². The summed E-state index contributed by atoms with van der Waals surface area (Å²) in [4.78, 5) is 21.1. The lowest BCUT2D eigenvalue weighted by Crippen LogP contribution is -2.24. The van der Waals surface area contributed by atoms with Crippen LogP contribution in [-0.4, -0.2) is 40.8 Å². The molecule has 3 heterocycles. The monoisotopic (exact) mass is 415 g/mol. The number of hydrogen-bond donors (Lipinski definition) is 3. The topological polar surface area (TPSA) is 126 Å². The van der Waals surface area contributed by atoms with Gasteiger partial charge in [0.2, 0.25) is 0 Å². The Kier molecular flexibility index (Phi) is 5.09. The SMILES string of the molecule is O=C(NCc1nncn1C1CC1)c1cccc(NCc2nc(-c3ccncc3)n[nH]2)c1. The molecule has 0 bridgehead atoms. The Balaban J connectivity index is 1.18. The van der Waals surface area contributed by atoms with Crippen LogP contribution in [0.3, 0.4) is 0 Å². The maximum absolute atomic E-state index is 12.6. The highest BCUT2D eigenvalue weighted by Gasteiger charge is 2.26. The van der Waals surface area contributed by atoms with Gasteiger partial charge in [0, 0.05) is 35.2 Å². The lowest BCUT2D eigenvalue weighted by Gasteiger charge is -2.09. The van der Waals surface area contributed by atoms with Crippen molar-refractivity contribution in [1.82, 2.24) is 40.2 Å². The molecule has 10 nitrogen and oxygen atoms in total. The number of aromatic nitrogens is 7. The number of benzene rings is 1. The van der Waals surface area contributed by atoms with Crippen LogP contribution in [0.25, 0.3) is 11.4 Å². The number of anilines is 1. The molecule has 0 saturated heterocycles. The third-order valence-corrected chi connectivity index (χ3v) is 5.05. The number of carbonyl (C=O) groups is 1. The Morgan fingerprint density at radius 1 is 1.16 bits per heavy atom. The molecule has 0 atom stereocenters. The lowest BCUT2D eigenvalue weighted by atomic mass is 10.2. The molecule has 156 valence electrons. The molecule has 0 radical (unpaired) electrons. The summed E-state index contributed by atoms with van der Waals surface area (Å²) in [7, 11) is 0. The zero-order valence-electron chi connectivity index (χ0n) is 16.7. The van der Waals surface area contributed by atoms with Crippen LogP contribution in [-0.2, 0) is 13.1 Å². The molecule has 5 rings (SSSR count). The highest BCUT2D eigenvalue weighted by molar-refractivity contribution is 5.95. The normalized spacial score (nSPS) is 13.2. The number of H-pyrrole nitrogens is 1. The summed E-state index contributed by atoms with van der Waals surface area (Å²) in [5.41, 5.74) is 2.28. The highest BCUT2D eigenvalue weighted by atomic mass is 16.1. The minimum Gasteiger partial charge on any atom is -0.378 e. The molecule has 3 N–H and O–H groups in total. The van der Waals surface area contributed by atoms with E-state index in [4.69, 9.17) is 0 Å². The fourth-order valence-electron chi connectivity index (χ4n) is 3.27. The fraction of sp³-hybridized carbons (Fsp3) is 0.238.